The number of hydrogen-bond acceptors (Lipinski definition) is 7. The van der Waals surface area contributed by atoms with E-state index in [4.69, 9.17) is 14.5 Å². The topological polar surface area (TPSA) is 82.1 Å². The summed E-state index contributed by atoms with van der Waals surface area (Å²) in [6.45, 7) is 0. The summed E-state index contributed by atoms with van der Waals surface area (Å²) >= 11 is 0. The number of carbonyl (C=O) groups is 3. The van der Waals surface area contributed by atoms with E-state index < -0.39 is 17.9 Å². The van der Waals surface area contributed by atoms with Gasteiger partial charge in [-0.1, -0.05) is 19.3 Å². The minimum Gasteiger partial charge on any atom is -0.300 e. The van der Waals surface area contributed by atoms with E-state index >= 15 is 0 Å². The van der Waals surface area contributed by atoms with Crippen molar-refractivity contribution < 1.29 is 28.9 Å². The van der Waals surface area contributed by atoms with Gasteiger partial charge in [-0.2, -0.15) is 0 Å². The van der Waals surface area contributed by atoms with Crippen molar-refractivity contribution in [2.75, 3.05) is 0 Å². The van der Waals surface area contributed by atoms with Crippen LogP contribution in [0.1, 0.15) is 57.8 Å². The van der Waals surface area contributed by atoms with Crippen molar-refractivity contribution in [1.29, 1.82) is 0 Å². The molecule has 122 valence electrons. The Morgan fingerprint density at radius 3 is 1.05 bits per heavy atom. The average Bonchev–Trinajstić information content (AvgIpc) is 2.19. The van der Waals surface area contributed by atoms with Gasteiger partial charge in [-0.3, -0.25) is 0 Å². The summed E-state index contributed by atoms with van der Waals surface area (Å²) in [6.07, 6.45) is 7.43. The van der Waals surface area contributed by atoms with Gasteiger partial charge in [-0.05, 0) is 38.5 Å². The van der Waals surface area contributed by atoms with Crippen LogP contribution in [0.2, 0.25) is 0 Å². The maximum absolute atomic E-state index is 11.9. The van der Waals surface area contributed by atoms with E-state index in [1.807, 2.05) is 0 Å². The molecule has 0 unspecified atom stereocenters. The van der Waals surface area contributed by atoms with Crippen molar-refractivity contribution in [3.05, 3.63) is 0 Å². The molecule has 0 saturated heterocycles. The maximum atomic E-state index is 11.9. The van der Waals surface area contributed by atoms with Crippen molar-refractivity contribution in [2.24, 2.45) is 17.8 Å². The number of carbonyl (C=O) groups excluding carboxylic acids is 3. The zero-order valence-corrected chi connectivity index (χ0v) is 12.5. The van der Waals surface area contributed by atoms with E-state index in [0.29, 0.717) is 5.39 Å². The summed E-state index contributed by atoms with van der Waals surface area (Å²) in [5.74, 6) is -2.16. The molecule has 3 aliphatic rings. The summed E-state index contributed by atoms with van der Waals surface area (Å²) < 4.78 is 0. The Labute approximate surface area is 128 Å². The van der Waals surface area contributed by atoms with Crippen LogP contribution < -0.4 is 0 Å². The van der Waals surface area contributed by atoms with Crippen molar-refractivity contribution in [2.45, 2.75) is 57.8 Å². The molecular weight excluding hydrogens is 290 g/mol. The minimum absolute atomic E-state index is 0.202. The molecule has 0 aromatic heterocycles. The van der Waals surface area contributed by atoms with E-state index in [-0.39, 0.29) is 17.8 Å². The van der Waals surface area contributed by atoms with E-state index in [1.54, 1.807) is 0 Å². The summed E-state index contributed by atoms with van der Waals surface area (Å²) in [7, 11) is 0. The van der Waals surface area contributed by atoms with Gasteiger partial charge in [0, 0.05) is 0 Å². The lowest BCUT2D eigenvalue weighted by Gasteiger charge is -2.29. The fraction of sp³-hybridized carbons (Fsp3) is 0.800. The zero-order chi connectivity index (χ0) is 15.5. The molecule has 0 spiro atoms. The van der Waals surface area contributed by atoms with Crippen LogP contribution in [0.5, 0.6) is 0 Å². The van der Waals surface area contributed by atoms with Gasteiger partial charge in [0.1, 0.15) is 0 Å². The third-order valence-corrected chi connectivity index (χ3v) is 4.81. The standard InChI is InChI=1S/C15H21NO6/c17-13(10-4-1-5-10)20-16(21-14(18)11-6-2-7-11)22-15(19)12-8-3-9-12/h10-12H,1-9H2. The summed E-state index contributed by atoms with van der Waals surface area (Å²) in [4.78, 5) is 50.4. The Balaban J connectivity index is 1.54. The Hall–Kier alpha value is -1.63. The van der Waals surface area contributed by atoms with Gasteiger partial charge < -0.3 is 14.5 Å². The highest BCUT2D eigenvalue weighted by molar-refractivity contribution is 5.75. The largest absolute Gasteiger partial charge is 0.335 e. The second-order valence-electron chi connectivity index (χ2n) is 6.34. The molecular formula is C15H21NO6. The molecule has 3 fully saturated rings. The van der Waals surface area contributed by atoms with Crippen LogP contribution in [0.25, 0.3) is 0 Å². The summed E-state index contributed by atoms with van der Waals surface area (Å²) in [6, 6.07) is 0. The predicted octanol–water partition coefficient (Wildman–Crippen LogP) is 2.06. The monoisotopic (exact) mass is 311 g/mol. The Bertz CT molecular complexity index is 386. The average molecular weight is 311 g/mol. The van der Waals surface area contributed by atoms with Crippen molar-refractivity contribution in [3.63, 3.8) is 0 Å². The third-order valence-electron chi connectivity index (χ3n) is 4.81. The first-order valence-corrected chi connectivity index (χ1v) is 8.09. The molecule has 0 bridgehead atoms. The molecule has 3 rings (SSSR count). The molecule has 7 heteroatoms. The Kier molecular flexibility index (Phi) is 4.61. The second kappa shape index (κ2) is 6.64. The van der Waals surface area contributed by atoms with Crippen LogP contribution in [0.15, 0.2) is 0 Å². The molecule has 0 aliphatic heterocycles. The number of nitrogens with zero attached hydrogens (tertiary/aromatic N) is 1. The van der Waals surface area contributed by atoms with Crippen LogP contribution in [0.4, 0.5) is 0 Å². The first kappa shape index (κ1) is 15.3. The second-order valence-corrected chi connectivity index (χ2v) is 6.34. The number of hydrogen-bond donors (Lipinski definition) is 0. The fourth-order valence-corrected chi connectivity index (χ4v) is 2.43. The van der Waals surface area contributed by atoms with Crippen LogP contribution in [-0.2, 0) is 28.9 Å². The summed E-state index contributed by atoms with van der Waals surface area (Å²) in [5.41, 5.74) is 0. The lowest BCUT2D eigenvalue weighted by Crippen LogP contribution is -2.40. The van der Waals surface area contributed by atoms with E-state index in [2.05, 4.69) is 0 Å². The fourth-order valence-electron chi connectivity index (χ4n) is 2.43. The molecule has 0 heterocycles. The molecule has 0 aromatic rings. The van der Waals surface area contributed by atoms with Gasteiger partial charge in [-0.25, -0.2) is 14.4 Å². The number of rotatable bonds is 6. The lowest BCUT2D eigenvalue weighted by molar-refractivity contribution is -0.468. The summed E-state index contributed by atoms with van der Waals surface area (Å²) in [5, 5.41) is 0.335. The van der Waals surface area contributed by atoms with Crippen molar-refractivity contribution in [3.8, 4) is 0 Å². The van der Waals surface area contributed by atoms with Crippen molar-refractivity contribution in [1.82, 2.24) is 5.39 Å². The molecule has 3 aliphatic carbocycles. The highest BCUT2D eigenvalue weighted by Gasteiger charge is 2.36. The Morgan fingerprint density at radius 2 is 0.864 bits per heavy atom. The predicted molar refractivity (Wildman–Crippen MR) is 72.1 cm³/mol. The van der Waals surface area contributed by atoms with Gasteiger partial charge in [0.2, 0.25) is 5.39 Å². The van der Waals surface area contributed by atoms with Gasteiger partial charge in [0.05, 0.1) is 17.8 Å². The van der Waals surface area contributed by atoms with Crippen LogP contribution in [0, 0.1) is 17.8 Å². The van der Waals surface area contributed by atoms with Gasteiger partial charge >= 0.3 is 17.9 Å². The normalized spacial score (nSPS) is 22.2. The molecule has 22 heavy (non-hydrogen) atoms. The molecule has 3 saturated carbocycles. The molecule has 0 N–H and O–H groups in total. The molecule has 0 atom stereocenters. The van der Waals surface area contributed by atoms with Crippen LogP contribution >= 0.6 is 0 Å². The van der Waals surface area contributed by atoms with Crippen LogP contribution in [-0.4, -0.2) is 23.3 Å². The highest BCUT2D eigenvalue weighted by Crippen LogP contribution is 2.31. The minimum atomic E-state index is -0.519. The first-order valence-electron chi connectivity index (χ1n) is 8.09. The molecule has 0 aromatic carbocycles. The quantitative estimate of drug-likeness (QED) is 0.694. The Morgan fingerprint density at radius 1 is 0.591 bits per heavy atom. The van der Waals surface area contributed by atoms with Crippen molar-refractivity contribution >= 4 is 17.9 Å². The zero-order valence-electron chi connectivity index (χ0n) is 12.5. The molecule has 0 amide bonds. The lowest BCUT2D eigenvalue weighted by atomic mass is 9.86. The van der Waals surface area contributed by atoms with Gasteiger partial charge in [0.15, 0.2) is 0 Å². The van der Waals surface area contributed by atoms with E-state index in [1.165, 1.54) is 0 Å². The maximum Gasteiger partial charge on any atom is 0.335 e. The molecule has 0 radical (unpaired) electrons. The van der Waals surface area contributed by atoms with Gasteiger partial charge in [-0.15, -0.1) is 0 Å². The van der Waals surface area contributed by atoms with E-state index in [9.17, 15) is 14.4 Å². The highest BCUT2D eigenvalue weighted by atomic mass is 17.2. The molecule has 7 nitrogen and oxygen atoms in total. The van der Waals surface area contributed by atoms with Gasteiger partial charge in [0.25, 0.3) is 0 Å². The van der Waals surface area contributed by atoms with E-state index in [0.717, 1.165) is 57.8 Å². The first-order chi connectivity index (χ1) is 10.6. The smallest absolute Gasteiger partial charge is 0.300 e. The third kappa shape index (κ3) is 3.40. The SMILES string of the molecule is O=C(ON(OC(=O)C1CCC1)OC(=O)C1CCC1)C1CCC1. The van der Waals surface area contributed by atoms with Crippen LogP contribution in [0.3, 0.4) is 0 Å².